The zero-order valence-corrected chi connectivity index (χ0v) is 12.8. The van der Waals surface area contributed by atoms with Crippen molar-refractivity contribution in [1.29, 1.82) is 0 Å². The lowest BCUT2D eigenvalue weighted by molar-refractivity contribution is 0.0731. The quantitative estimate of drug-likeness (QED) is 0.928. The molecule has 1 aromatic rings. The molecule has 1 heterocycles. The third kappa shape index (κ3) is 4.38. The topological polar surface area (TPSA) is 70.1 Å². The number of carboxylic acid groups (broad SMARTS) is 1. The van der Waals surface area contributed by atoms with Gasteiger partial charge in [0.05, 0.1) is 6.04 Å². The number of ether oxygens (including phenoxy) is 1. The Morgan fingerprint density at radius 1 is 1.32 bits per heavy atom. The third-order valence-corrected chi connectivity index (χ3v) is 3.87. The van der Waals surface area contributed by atoms with Gasteiger partial charge < -0.3 is 19.6 Å². The maximum atomic E-state index is 12.0. The van der Waals surface area contributed by atoms with Crippen LogP contribution < -0.4 is 0 Å². The highest BCUT2D eigenvalue weighted by Crippen LogP contribution is 2.18. The molecule has 0 saturated carbocycles. The number of amides is 2. The summed E-state index contributed by atoms with van der Waals surface area (Å²) >= 11 is 0. The summed E-state index contributed by atoms with van der Waals surface area (Å²) in [6.07, 6.45) is 1.30. The fraction of sp³-hybridized carbons (Fsp3) is 0.500. The molecular formula is C16H22N2O4. The number of nitrogens with zero attached hydrogens (tertiary/aromatic N) is 2. The number of hydrogen-bond acceptors (Lipinski definition) is 3. The van der Waals surface area contributed by atoms with E-state index in [2.05, 4.69) is 0 Å². The number of likely N-dealkylation sites (tertiary alicyclic amines) is 1. The van der Waals surface area contributed by atoms with Crippen LogP contribution in [-0.4, -0.2) is 53.3 Å². The molecule has 1 fully saturated rings. The highest BCUT2D eigenvalue weighted by molar-refractivity contribution is 5.68. The van der Waals surface area contributed by atoms with Crippen molar-refractivity contribution in [2.75, 3.05) is 20.1 Å². The summed E-state index contributed by atoms with van der Waals surface area (Å²) in [5.74, 6) is 0. The Bertz CT molecular complexity index is 506. The average molecular weight is 306 g/mol. The van der Waals surface area contributed by atoms with Crippen LogP contribution in [0.2, 0.25) is 0 Å². The lowest BCUT2D eigenvalue weighted by Crippen LogP contribution is -2.49. The van der Waals surface area contributed by atoms with Crippen LogP contribution in [0.25, 0.3) is 0 Å². The number of carbonyl (C=O) groups excluding carboxylic acids is 1. The number of piperidine rings is 1. The summed E-state index contributed by atoms with van der Waals surface area (Å²) in [4.78, 5) is 26.1. The monoisotopic (exact) mass is 306 g/mol. The van der Waals surface area contributed by atoms with Gasteiger partial charge in [0.2, 0.25) is 0 Å². The minimum Gasteiger partial charge on any atom is -0.465 e. The number of carbonyl (C=O) groups is 2. The van der Waals surface area contributed by atoms with Gasteiger partial charge in [0.1, 0.15) is 6.61 Å². The molecule has 1 saturated heterocycles. The van der Waals surface area contributed by atoms with E-state index in [1.54, 1.807) is 7.05 Å². The predicted molar refractivity (Wildman–Crippen MR) is 81.6 cm³/mol. The molecule has 2 rings (SSSR count). The van der Waals surface area contributed by atoms with Crippen LogP contribution in [-0.2, 0) is 11.3 Å². The van der Waals surface area contributed by atoms with E-state index in [1.807, 2.05) is 30.3 Å². The minimum absolute atomic E-state index is 0.152. The zero-order chi connectivity index (χ0) is 15.9. The van der Waals surface area contributed by atoms with Crippen LogP contribution in [0.5, 0.6) is 0 Å². The van der Waals surface area contributed by atoms with Crippen LogP contribution in [0.4, 0.5) is 9.59 Å². The van der Waals surface area contributed by atoms with E-state index in [9.17, 15) is 14.7 Å². The van der Waals surface area contributed by atoms with Crippen LogP contribution >= 0.6 is 0 Å². The third-order valence-electron chi connectivity index (χ3n) is 3.87. The van der Waals surface area contributed by atoms with E-state index in [4.69, 9.17) is 4.74 Å². The molecule has 6 heteroatoms. The maximum Gasteiger partial charge on any atom is 0.409 e. The van der Waals surface area contributed by atoms with Gasteiger partial charge in [-0.05, 0) is 24.8 Å². The Labute approximate surface area is 130 Å². The largest absolute Gasteiger partial charge is 0.465 e. The molecule has 0 spiro atoms. The first-order valence-corrected chi connectivity index (χ1v) is 7.49. The average Bonchev–Trinajstić information content (AvgIpc) is 2.53. The van der Waals surface area contributed by atoms with Gasteiger partial charge in [-0.2, -0.15) is 0 Å². The molecule has 0 aliphatic carbocycles. The molecule has 22 heavy (non-hydrogen) atoms. The van der Waals surface area contributed by atoms with Crippen molar-refractivity contribution < 1.29 is 19.4 Å². The second kappa shape index (κ2) is 7.68. The SMILES string of the molecule is CN(C[C@@H]1CCCCN1C(=O)O)C(=O)OCc1ccccc1. The highest BCUT2D eigenvalue weighted by Gasteiger charge is 2.28. The second-order valence-corrected chi connectivity index (χ2v) is 5.55. The standard InChI is InChI=1S/C16H22N2O4/c1-17(11-14-9-5-6-10-18(14)15(19)20)16(21)22-12-13-7-3-2-4-8-13/h2-4,7-8,14H,5-6,9-12H2,1H3,(H,19,20)/t14-/m0/s1. The lowest BCUT2D eigenvalue weighted by Gasteiger charge is -2.35. The Kier molecular flexibility index (Phi) is 5.63. The molecule has 0 bridgehead atoms. The fourth-order valence-electron chi connectivity index (χ4n) is 2.66. The molecule has 1 atom stereocenters. The predicted octanol–water partition coefficient (Wildman–Crippen LogP) is 2.79. The van der Waals surface area contributed by atoms with Crippen LogP contribution in [0.15, 0.2) is 30.3 Å². The summed E-state index contributed by atoms with van der Waals surface area (Å²) in [7, 11) is 1.64. The number of hydrogen-bond donors (Lipinski definition) is 1. The highest BCUT2D eigenvalue weighted by atomic mass is 16.6. The van der Waals surface area contributed by atoms with Crippen molar-refractivity contribution in [3.63, 3.8) is 0 Å². The molecule has 6 nitrogen and oxygen atoms in total. The van der Waals surface area contributed by atoms with Gasteiger partial charge in [-0.3, -0.25) is 0 Å². The Hall–Kier alpha value is -2.24. The lowest BCUT2D eigenvalue weighted by atomic mass is 10.0. The first-order valence-electron chi connectivity index (χ1n) is 7.49. The second-order valence-electron chi connectivity index (χ2n) is 5.55. The molecule has 0 radical (unpaired) electrons. The van der Waals surface area contributed by atoms with Gasteiger partial charge in [0.25, 0.3) is 0 Å². The summed E-state index contributed by atoms with van der Waals surface area (Å²) in [6.45, 7) is 1.12. The van der Waals surface area contributed by atoms with Crippen molar-refractivity contribution in [2.45, 2.75) is 31.9 Å². The summed E-state index contributed by atoms with van der Waals surface area (Å²) in [5.41, 5.74) is 0.925. The molecule has 1 aliphatic heterocycles. The smallest absolute Gasteiger partial charge is 0.409 e. The van der Waals surface area contributed by atoms with Crippen molar-refractivity contribution in [3.8, 4) is 0 Å². The number of likely N-dealkylation sites (N-methyl/N-ethyl adjacent to an activating group) is 1. The van der Waals surface area contributed by atoms with Crippen LogP contribution in [0.3, 0.4) is 0 Å². The van der Waals surface area contributed by atoms with Gasteiger partial charge >= 0.3 is 12.2 Å². The van der Waals surface area contributed by atoms with Crippen molar-refractivity contribution >= 4 is 12.2 Å². The van der Waals surface area contributed by atoms with Crippen LogP contribution in [0.1, 0.15) is 24.8 Å². The van der Waals surface area contributed by atoms with Crippen molar-refractivity contribution in [2.24, 2.45) is 0 Å². The van der Waals surface area contributed by atoms with Gasteiger partial charge in [0.15, 0.2) is 0 Å². The normalized spacial score (nSPS) is 17.9. The Morgan fingerprint density at radius 2 is 2.05 bits per heavy atom. The maximum absolute atomic E-state index is 12.0. The number of rotatable bonds is 4. The zero-order valence-electron chi connectivity index (χ0n) is 12.8. The molecule has 1 aromatic carbocycles. The van der Waals surface area contributed by atoms with E-state index >= 15 is 0 Å². The summed E-state index contributed by atoms with van der Waals surface area (Å²) in [6, 6.07) is 9.31. The van der Waals surface area contributed by atoms with E-state index in [0.29, 0.717) is 13.1 Å². The molecular weight excluding hydrogens is 284 g/mol. The van der Waals surface area contributed by atoms with Crippen LogP contribution in [0, 0.1) is 0 Å². The van der Waals surface area contributed by atoms with Gasteiger partial charge in [0, 0.05) is 20.1 Å². The first-order chi connectivity index (χ1) is 10.6. The van der Waals surface area contributed by atoms with Crippen molar-refractivity contribution in [3.05, 3.63) is 35.9 Å². The summed E-state index contributed by atoms with van der Waals surface area (Å²) in [5, 5.41) is 9.20. The molecule has 0 unspecified atom stereocenters. The van der Waals surface area contributed by atoms with E-state index in [-0.39, 0.29) is 12.6 Å². The van der Waals surface area contributed by atoms with Gasteiger partial charge in [-0.25, -0.2) is 9.59 Å². The molecule has 0 aromatic heterocycles. The summed E-state index contributed by atoms with van der Waals surface area (Å²) < 4.78 is 5.25. The van der Waals surface area contributed by atoms with Crippen molar-refractivity contribution in [1.82, 2.24) is 9.80 Å². The number of benzene rings is 1. The molecule has 2 amide bonds. The fourth-order valence-corrected chi connectivity index (χ4v) is 2.66. The van der Waals surface area contributed by atoms with E-state index in [0.717, 1.165) is 24.8 Å². The molecule has 120 valence electrons. The van der Waals surface area contributed by atoms with Gasteiger partial charge in [-0.15, -0.1) is 0 Å². The first kappa shape index (κ1) is 16.1. The van der Waals surface area contributed by atoms with E-state index in [1.165, 1.54) is 9.80 Å². The molecule has 1 N–H and O–H groups in total. The van der Waals surface area contributed by atoms with E-state index < -0.39 is 12.2 Å². The minimum atomic E-state index is -0.921. The molecule has 1 aliphatic rings. The Morgan fingerprint density at radius 3 is 2.73 bits per heavy atom. The van der Waals surface area contributed by atoms with Gasteiger partial charge in [-0.1, -0.05) is 30.3 Å². The Balaban J connectivity index is 1.83.